The van der Waals surface area contributed by atoms with E-state index in [0.29, 0.717) is 31.4 Å². The molecule has 30 heavy (non-hydrogen) atoms. The molecule has 2 aromatic carbocycles. The topological polar surface area (TPSA) is 50.8 Å². The number of rotatable bonds is 5. The van der Waals surface area contributed by atoms with Crippen LogP contribution >= 0.6 is 0 Å². The summed E-state index contributed by atoms with van der Waals surface area (Å²) in [7, 11) is 0. The van der Waals surface area contributed by atoms with E-state index in [1.165, 1.54) is 12.1 Å². The molecule has 2 aliphatic heterocycles. The first-order chi connectivity index (χ1) is 14.6. The minimum atomic E-state index is -0.252. The van der Waals surface area contributed by atoms with Crippen LogP contribution < -0.4 is 10.1 Å². The van der Waals surface area contributed by atoms with Crippen molar-refractivity contribution in [1.82, 2.24) is 4.90 Å². The molecule has 0 aromatic heterocycles. The van der Waals surface area contributed by atoms with Crippen LogP contribution in [0.3, 0.4) is 0 Å². The van der Waals surface area contributed by atoms with Gasteiger partial charge in [-0.15, -0.1) is 0 Å². The second-order valence-electron chi connectivity index (χ2n) is 8.26. The first kappa shape index (κ1) is 20.7. The van der Waals surface area contributed by atoms with Crippen molar-refractivity contribution in [2.24, 2.45) is 5.92 Å². The van der Waals surface area contributed by atoms with Crippen molar-refractivity contribution in [2.45, 2.75) is 37.7 Å². The number of urea groups is 1. The third-order valence-electron chi connectivity index (χ3n) is 6.19. The highest BCUT2D eigenvalue weighted by Gasteiger charge is 2.41. The van der Waals surface area contributed by atoms with Crippen molar-refractivity contribution in [3.05, 3.63) is 60.4 Å². The predicted molar refractivity (Wildman–Crippen MR) is 114 cm³/mol. The molecular formula is C24H29FN2O3. The lowest BCUT2D eigenvalue weighted by molar-refractivity contribution is -0.124. The number of para-hydroxylation sites is 1. The smallest absolute Gasteiger partial charge is 0.321 e. The van der Waals surface area contributed by atoms with Crippen LogP contribution in [0.4, 0.5) is 14.9 Å². The number of likely N-dealkylation sites (tertiary alicyclic amines) is 1. The summed E-state index contributed by atoms with van der Waals surface area (Å²) in [4.78, 5) is 14.4. The number of hydrogen-bond donors (Lipinski definition) is 1. The highest BCUT2D eigenvalue weighted by atomic mass is 19.1. The number of nitrogens with zero attached hydrogens (tertiary/aromatic N) is 1. The molecule has 0 radical (unpaired) electrons. The first-order valence-electron chi connectivity index (χ1n) is 10.8. The van der Waals surface area contributed by atoms with Crippen LogP contribution in [0.25, 0.3) is 0 Å². The Labute approximate surface area is 177 Å². The zero-order chi connectivity index (χ0) is 20.8. The van der Waals surface area contributed by atoms with Gasteiger partial charge in [0.05, 0.1) is 12.2 Å². The molecule has 2 saturated heterocycles. The summed E-state index contributed by atoms with van der Waals surface area (Å²) < 4.78 is 25.0. The van der Waals surface area contributed by atoms with E-state index in [1.54, 1.807) is 12.1 Å². The molecular weight excluding hydrogens is 383 g/mol. The number of piperidine rings is 1. The Bertz CT molecular complexity index is 820. The average Bonchev–Trinajstić information content (AvgIpc) is 2.76. The quantitative estimate of drug-likeness (QED) is 0.744. The maximum atomic E-state index is 13.0. The molecule has 2 heterocycles. The van der Waals surface area contributed by atoms with Crippen LogP contribution in [0.1, 0.15) is 32.1 Å². The number of anilines is 1. The van der Waals surface area contributed by atoms with Gasteiger partial charge >= 0.3 is 6.03 Å². The number of nitrogens with one attached hydrogen (secondary N) is 1. The van der Waals surface area contributed by atoms with E-state index in [0.717, 1.165) is 44.4 Å². The lowest BCUT2D eigenvalue weighted by atomic mass is 9.78. The van der Waals surface area contributed by atoms with E-state index in [9.17, 15) is 9.18 Å². The number of amides is 2. The molecule has 0 aliphatic carbocycles. The standard InChI is InChI=1S/C24H29FN2O3/c25-20-6-8-22(9-7-20)29-16-10-19-11-17-30-24(18-19)12-14-27(15-13-24)23(28)26-21-4-2-1-3-5-21/h1-9,19H,10-18H2,(H,26,28). The van der Waals surface area contributed by atoms with E-state index in [-0.39, 0.29) is 17.4 Å². The van der Waals surface area contributed by atoms with Gasteiger partial charge in [-0.3, -0.25) is 0 Å². The van der Waals surface area contributed by atoms with Gasteiger partial charge in [-0.1, -0.05) is 18.2 Å². The lowest BCUT2D eigenvalue weighted by Gasteiger charge is -2.46. The molecule has 2 fully saturated rings. The van der Waals surface area contributed by atoms with Crippen LogP contribution in [0.15, 0.2) is 54.6 Å². The summed E-state index contributed by atoms with van der Waals surface area (Å²) in [5.74, 6) is 0.998. The van der Waals surface area contributed by atoms with Crippen molar-refractivity contribution < 1.29 is 18.7 Å². The van der Waals surface area contributed by atoms with Gasteiger partial charge in [0.2, 0.25) is 0 Å². The third-order valence-corrected chi connectivity index (χ3v) is 6.19. The van der Waals surface area contributed by atoms with Gasteiger partial charge in [0.15, 0.2) is 0 Å². The van der Waals surface area contributed by atoms with Crippen LogP contribution in [0.2, 0.25) is 0 Å². The summed E-state index contributed by atoms with van der Waals surface area (Å²) in [6, 6.07) is 15.7. The fourth-order valence-corrected chi connectivity index (χ4v) is 4.44. The normalized spacial score (nSPS) is 20.7. The maximum Gasteiger partial charge on any atom is 0.321 e. The van der Waals surface area contributed by atoms with Crippen molar-refractivity contribution in [2.75, 3.05) is 31.6 Å². The van der Waals surface area contributed by atoms with Crippen molar-refractivity contribution >= 4 is 11.7 Å². The van der Waals surface area contributed by atoms with Crippen molar-refractivity contribution in [3.8, 4) is 5.75 Å². The Hall–Kier alpha value is -2.60. The minimum absolute atomic E-state index is 0.0453. The van der Waals surface area contributed by atoms with E-state index in [2.05, 4.69) is 5.32 Å². The summed E-state index contributed by atoms with van der Waals surface area (Å²) >= 11 is 0. The van der Waals surface area contributed by atoms with E-state index in [1.807, 2.05) is 35.2 Å². The van der Waals surface area contributed by atoms with Crippen LogP contribution in [-0.4, -0.2) is 42.8 Å². The number of carbonyl (C=O) groups excluding carboxylic acids is 1. The Morgan fingerprint density at radius 3 is 2.60 bits per heavy atom. The maximum absolute atomic E-state index is 13.0. The second kappa shape index (κ2) is 9.47. The molecule has 4 rings (SSSR count). The van der Waals surface area contributed by atoms with Gasteiger partial charge in [0.25, 0.3) is 0 Å². The van der Waals surface area contributed by atoms with E-state index in [4.69, 9.17) is 9.47 Å². The fraction of sp³-hybridized carbons (Fsp3) is 0.458. The molecule has 2 aliphatic rings. The summed E-state index contributed by atoms with van der Waals surface area (Å²) in [5.41, 5.74) is 0.695. The van der Waals surface area contributed by atoms with Crippen LogP contribution in [0.5, 0.6) is 5.75 Å². The summed E-state index contributed by atoms with van der Waals surface area (Å²) in [6.45, 7) is 2.80. The Kier molecular flexibility index (Phi) is 6.53. The number of ether oxygens (including phenoxy) is 2. The second-order valence-corrected chi connectivity index (χ2v) is 8.26. The molecule has 1 atom stereocenters. The largest absolute Gasteiger partial charge is 0.494 e. The van der Waals surface area contributed by atoms with Crippen LogP contribution in [-0.2, 0) is 4.74 Å². The van der Waals surface area contributed by atoms with Gasteiger partial charge in [-0.2, -0.15) is 0 Å². The van der Waals surface area contributed by atoms with E-state index >= 15 is 0 Å². The molecule has 6 heteroatoms. The Balaban J connectivity index is 1.23. The molecule has 1 spiro atoms. The lowest BCUT2D eigenvalue weighted by Crippen LogP contribution is -2.51. The molecule has 2 amide bonds. The number of hydrogen-bond acceptors (Lipinski definition) is 3. The van der Waals surface area contributed by atoms with Gasteiger partial charge in [-0.25, -0.2) is 9.18 Å². The molecule has 1 unspecified atom stereocenters. The third kappa shape index (κ3) is 5.30. The van der Waals surface area contributed by atoms with Crippen molar-refractivity contribution in [3.63, 3.8) is 0 Å². The molecule has 0 saturated carbocycles. The molecule has 0 bridgehead atoms. The predicted octanol–water partition coefficient (Wildman–Crippen LogP) is 5.09. The monoisotopic (exact) mass is 412 g/mol. The highest BCUT2D eigenvalue weighted by molar-refractivity contribution is 5.89. The highest BCUT2D eigenvalue weighted by Crippen LogP contribution is 2.39. The molecule has 5 nitrogen and oxygen atoms in total. The number of halogens is 1. The Morgan fingerprint density at radius 2 is 1.87 bits per heavy atom. The molecule has 2 aromatic rings. The van der Waals surface area contributed by atoms with Gasteiger partial charge in [-0.05, 0) is 74.4 Å². The molecule has 1 N–H and O–H groups in total. The average molecular weight is 413 g/mol. The minimum Gasteiger partial charge on any atom is -0.494 e. The SMILES string of the molecule is O=C(Nc1ccccc1)N1CCC2(CC1)CC(CCOc1ccc(F)cc1)CCO2. The number of carbonyl (C=O) groups is 1. The zero-order valence-corrected chi connectivity index (χ0v) is 17.2. The van der Waals surface area contributed by atoms with Gasteiger partial charge in [0, 0.05) is 25.4 Å². The van der Waals surface area contributed by atoms with E-state index < -0.39 is 0 Å². The van der Waals surface area contributed by atoms with Crippen LogP contribution in [0, 0.1) is 11.7 Å². The zero-order valence-electron chi connectivity index (χ0n) is 17.2. The summed E-state index contributed by atoms with van der Waals surface area (Å²) in [6.07, 6.45) is 4.73. The Morgan fingerprint density at radius 1 is 1.13 bits per heavy atom. The number of benzene rings is 2. The van der Waals surface area contributed by atoms with Gasteiger partial charge in [0.1, 0.15) is 11.6 Å². The van der Waals surface area contributed by atoms with Gasteiger partial charge < -0.3 is 19.7 Å². The van der Waals surface area contributed by atoms with Crippen molar-refractivity contribution in [1.29, 1.82) is 0 Å². The summed E-state index contributed by atoms with van der Waals surface area (Å²) in [5, 5.41) is 2.96. The first-order valence-corrected chi connectivity index (χ1v) is 10.8. The molecule has 160 valence electrons. The fourth-order valence-electron chi connectivity index (χ4n) is 4.44.